The van der Waals surface area contributed by atoms with Crippen LogP contribution < -0.4 is 10.6 Å². The Bertz CT molecular complexity index is 860. The lowest BCUT2D eigenvalue weighted by Crippen LogP contribution is -2.66. The number of nitrogens with zero attached hydrogens (tertiary/aromatic N) is 4. The highest BCUT2D eigenvalue weighted by Crippen LogP contribution is 2.27. The summed E-state index contributed by atoms with van der Waals surface area (Å²) in [5, 5.41) is 56.7. The molecule has 3 heterocycles. The number of rotatable bonds is 12. The largest absolute Gasteiger partial charge is 0.391 e. The second-order valence-corrected chi connectivity index (χ2v) is 11.0. The molecule has 0 aliphatic carbocycles. The zero-order chi connectivity index (χ0) is 27.8. The molecule has 3 unspecified atom stereocenters. The lowest BCUT2D eigenvalue weighted by atomic mass is 9.89. The van der Waals surface area contributed by atoms with Gasteiger partial charge < -0.3 is 40.7 Å². The van der Waals surface area contributed by atoms with Gasteiger partial charge in [0.1, 0.15) is 30.5 Å². The van der Waals surface area contributed by atoms with Gasteiger partial charge >= 0.3 is 0 Å². The number of amides is 1. The van der Waals surface area contributed by atoms with Gasteiger partial charge in [0.25, 0.3) is 0 Å². The summed E-state index contributed by atoms with van der Waals surface area (Å²) in [6.07, 6.45) is -1.39. The summed E-state index contributed by atoms with van der Waals surface area (Å²) < 4.78 is 19.9. The summed E-state index contributed by atoms with van der Waals surface area (Å²) in [6, 6.07) is -1.52. The lowest BCUT2D eigenvalue weighted by molar-refractivity contribution is -0.236. The Labute approximate surface area is 223 Å². The summed E-state index contributed by atoms with van der Waals surface area (Å²) >= 11 is 0. The average Bonchev–Trinajstić information content (AvgIpc) is 3.15. The molecule has 2 fully saturated rings. The normalized spacial score (nSPS) is 32.1. The van der Waals surface area contributed by atoms with E-state index in [0.717, 1.165) is 25.7 Å². The van der Waals surface area contributed by atoms with E-state index in [1.807, 2.05) is 19.0 Å². The van der Waals surface area contributed by atoms with Gasteiger partial charge in [0, 0.05) is 12.7 Å². The Morgan fingerprint density at radius 2 is 2.00 bits per heavy atom. The van der Waals surface area contributed by atoms with E-state index in [0.29, 0.717) is 37.5 Å². The first kappa shape index (κ1) is 30.8. The summed E-state index contributed by atoms with van der Waals surface area (Å²) in [5.74, 6) is 0.0909. The van der Waals surface area contributed by atoms with Crippen LogP contribution in [-0.4, -0.2) is 122 Å². The molecule has 13 heteroatoms. The SMILES string of the molecule is C[C@@H](O)[C@@H](NC(=O)[C@@H]1CC[C@H](CCCCF)CCN1)[C@H]1OC(Cn2cc(CN(C)C)nn2)[C@H](O)C(O)C1O. The molecular formula is C25H45FN6O6. The number of carbonyl (C=O) groups is 1. The number of carbonyl (C=O) groups excluding carboxylic acids is 1. The maximum Gasteiger partial charge on any atom is 0.237 e. The first-order valence-corrected chi connectivity index (χ1v) is 13.6. The van der Waals surface area contributed by atoms with Gasteiger partial charge in [-0.3, -0.25) is 9.18 Å². The number of halogens is 1. The van der Waals surface area contributed by atoms with Crippen molar-refractivity contribution in [3.8, 4) is 0 Å². The molecule has 2 aliphatic rings. The van der Waals surface area contributed by atoms with Gasteiger partial charge in [-0.2, -0.15) is 0 Å². The van der Waals surface area contributed by atoms with Crippen LogP contribution in [0, 0.1) is 5.92 Å². The summed E-state index contributed by atoms with van der Waals surface area (Å²) in [5.41, 5.74) is 0.715. The lowest BCUT2D eigenvalue weighted by Gasteiger charge is -2.44. The Balaban J connectivity index is 1.64. The number of hydrogen-bond acceptors (Lipinski definition) is 10. The molecule has 1 aromatic rings. The molecule has 0 aromatic carbocycles. The topological polar surface area (TPSA) is 165 Å². The van der Waals surface area contributed by atoms with Gasteiger partial charge in [-0.15, -0.1) is 5.10 Å². The van der Waals surface area contributed by atoms with Gasteiger partial charge in [-0.25, -0.2) is 4.68 Å². The van der Waals surface area contributed by atoms with Crippen LogP contribution in [0.2, 0.25) is 0 Å². The van der Waals surface area contributed by atoms with Crippen LogP contribution in [0.15, 0.2) is 6.20 Å². The van der Waals surface area contributed by atoms with Gasteiger partial charge in [-0.1, -0.05) is 18.1 Å². The van der Waals surface area contributed by atoms with Crippen molar-refractivity contribution in [3.63, 3.8) is 0 Å². The zero-order valence-corrected chi connectivity index (χ0v) is 22.6. The minimum Gasteiger partial charge on any atom is -0.391 e. The zero-order valence-electron chi connectivity index (χ0n) is 22.6. The maximum absolute atomic E-state index is 13.2. The highest BCUT2D eigenvalue weighted by atomic mass is 19.1. The van der Waals surface area contributed by atoms with Crippen molar-refractivity contribution in [2.45, 2.75) is 107 Å². The van der Waals surface area contributed by atoms with E-state index in [2.05, 4.69) is 20.9 Å². The van der Waals surface area contributed by atoms with Crippen LogP contribution >= 0.6 is 0 Å². The molecule has 9 atom stereocenters. The fourth-order valence-electron chi connectivity index (χ4n) is 5.33. The van der Waals surface area contributed by atoms with Crippen LogP contribution in [0.25, 0.3) is 0 Å². The second-order valence-electron chi connectivity index (χ2n) is 11.0. The van der Waals surface area contributed by atoms with Crippen molar-refractivity contribution < 1.29 is 34.3 Å². The smallest absolute Gasteiger partial charge is 0.237 e. The van der Waals surface area contributed by atoms with Crippen LogP contribution in [0.3, 0.4) is 0 Å². The Kier molecular flexibility index (Phi) is 11.8. The fourth-order valence-corrected chi connectivity index (χ4v) is 5.33. The van der Waals surface area contributed by atoms with Gasteiger partial charge in [0.05, 0.1) is 37.1 Å². The van der Waals surface area contributed by atoms with Crippen LogP contribution in [0.1, 0.15) is 51.1 Å². The molecule has 2 aliphatic heterocycles. The van der Waals surface area contributed by atoms with Crippen molar-refractivity contribution >= 4 is 5.91 Å². The molecule has 0 radical (unpaired) electrons. The predicted molar refractivity (Wildman–Crippen MR) is 137 cm³/mol. The van der Waals surface area contributed by atoms with Crippen molar-refractivity contribution in [3.05, 3.63) is 11.9 Å². The highest BCUT2D eigenvalue weighted by molar-refractivity contribution is 5.82. The molecule has 3 rings (SSSR count). The standard InChI is InChI=1S/C25H45FN6O6/c1-15(33)20(28-25(37)18-8-7-16(9-11-27-18)6-4-5-10-26)24-23(36)22(35)21(34)19(38-24)14-32-13-17(29-30-32)12-31(2)3/h13,15-16,18-24,27,33-36H,4-12,14H2,1-3H3,(H,28,37)/t15-,16+,18+,19?,20-,21+,22?,23?,24-/m1/s1. The molecule has 38 heavy (non-hydrogen) atoms. The summed E-state index contributed by atoms with van der Waals surface area (Å²) in [4.78, 5) is 15.1. The molecule has 0 bridgehead atoms. The van der Waals surface area contributed by atoms with E-state index in [1.54, 1.807) is 6.20 Å². The monoisotopic (exact) mass is 544 g/mol. The highest BCUT2D eigenvalue weighted by Gasteiger charge is 2.48. The molecule has 0 saturated carbocycles. The fraction of sp³-hybridized carbons (Fsp3) is 0.880. The van der Waals surface area contributed by atoms with Gasteiger partial charge in [-0.05, 0) is 59.2 Å². The van der Waals surface area contributed by atoms with Crippen molar-refractivity contribution in [2.24, 2.45) is 5.92 Å². The minimum atomic E-state index is -1.55. The molecule has 218 valence electrons. The first-order valence-electron chi connectivity index (χ1n) is 13.6. The van der Waals surface area contributed by atoms with Crippen LogP contribution in [0.5, 0.6) is 0 Å². The molecule has 0 spiro atoms. The number of aliphatic hydroxyl groups is 4. The molecule has 2 saturated heterocycles. The van der Waals surface area contributed by atoms with Gasteiger partial charge in [0.2, 0.25) is 5.91 Å². The number of aliphatic hydroxyl groups excluding tert-OH is 4. The van der Waals surface area contributed by atoms with Crippen molar-refractivity contribution in [1.82, 2.24) is 30.5 Å². The second kappa shape index (κ2) is 14.6. The Hall–Kier alpha value is -1.74. The number of ether oxygens (including phenoxy) is 1. The molecular weight excluding hydrogens is 499 g/mol. The average molecular weight is 545 g/mol. The van der Waals surface area contributed by atoms with E-state index in [1.165, 1.54) is 11.6 Å². The van der Waals surface area contributed by atoms with E-state index in [-0.39, 0.29) is 19.1 Å². The Morgan fingerprint density at radius 3 is 2.68 bits per heavy atom. The van der Waals surface area contributed by atoms with E-state index < -0.39 is 48.7 Å². The van der Waals surface area contributed by atoms with Crippen molar-refractivity contribution in [1.29, 1.82) is 0 Å². The number of nitrogens with one attached hydrogen (secondary N) is 2. The van der Waals surface area contributed by atoms with E-state index >= 15 is 0 Å². The van der Waals surface area contributed by atoms with E-state index in [9.17, 15) is 29.6 Å². The number of alkyl halides is 1. The predicted octanol–water partition coefficient (Wildman–Crippen LogP) is -1.05. The third kappa shape index (κ3) is 8.38. The van der Waals surface area contributed by atoms with Gasteiger partial charge in [0.15, 0.2) is 0 Å². The quantitative estimate of drug-likeness (QED) is 0.179. The first-order chi connectivity index (χ1) is 18.1. The van der Waals surface area contributed by atoms with Crippen LogP contribution in [0.4, 0.5) is 4.39 Å². The Morgan fingerprint density at radius 1 is 1.24 bits per heavy atom. The number of hydrogen-bond donors (Lipinski definition) is 6. The maximum atomic E-state index is 13.2. The third-order valence-electron chi connectivity index (χ3n) is 7.48. The molecule has 12 nitrogen and oxygen atoms in total. The summed E-state index contributed by atoms with van der Waals surface area (Å²) in [7, 11) is 3.80. The molecule has 1 aromatic heterocycles. The molecule has 1 amide bonds. The van der Waals surface area contributed by atoms with Crippen LogP contribution in [-0.2, 0) is 22.6 Å². The molecule has 6 N–H and O–H groups in total. The minimum absolute atomic E-state index is 0.0519. The summed E-state index contributed by atoms with van der Waals surface area (Å²) in [6.45, 7) is 2.44. The third-order valence-corrected chi connectivity index (χ3v) is 7.48. The van der Waals surface area contributed by atoms with Crippen molar-refractivity contribution in [2.75, 3.05) is 27.3 Å². The number of unbranched alkanes of at least 4 members (excludes halogenated alkanes) is 1. The number of aromatic nitrogens is 3. The van der Waals surface area contributed by atoms with E-state index in [4.69, 9.17) is 4.74 Å².